The van der Waals surface area contributed by atoms with Crippen molar-refractivity contribution in [2.45, 2.75) is 37.4 Å². The first kappa shape index (κ1) is 13.4. The molecule has 0 atom stereocenters. The molecule has 1 heterocycles. The summed E-state index contributed by atoms with van der Waals surface area (Å²) in [4.78, 5) is 16.2. The Morgan fingerprint density at radius 1 is 1.44 bits per heavy atom. The third-order valence-electron chi connectivity index (χ3n) is 3.26. The maximum Gasteiger partial charge on any atom is 0.194 e. The van der Waals surface area contributed by atoms with Gasteiger partial charge in [0.15, 0.2) is 5.78 Å². The molecule has 2 rings (SSSR count). The van der Waals surface area contributed by atoms with Crippen LogP contribution in [-0.4, -0.2) is 28.9 Å². The molecule has 1 aliphatic carbocycles. The number of rotatable bonds is 5. The van der Waals surface area contributed by atoms with Crippen LogP contribution >= 0.6 is 11.8 Å². The van der Waals surface area contributed by atoms with Crippen molar-refractivity contribution < 1.29 is 9.53 Å². The lowest BCUT2D eigenvalue weighted by Gasteiger charge is -2.20. The summed E-state index contributed by atoms with van der Waals surface area (Å²) < 4.78 is 5.17. The Hall–Kier alpha value is -1.03. The van der Waals surface area contributed by atoms with Crippen LogP contribution in [-0.2, 0) is 0 Å². The molecule has 1 fully saturated rings. The molecule has 0 unspecified atom stereocenters. The molecule has 0 amide bonds. The SMILES string of the molecule is COc1cccnc1C(=O)CSC1CCCCC1. The molecule has 1 aromatic rings. The molecule has 1 saturated carbocycles. The topological polar surface area (TPSA) is 39.2 Å². The van der Waals surface area contributed by atoms with Gasteiger partial charge in [0.2, 0.25) is 0 Å². The van der Waals surface area contributed by atoms with Gasteiger partial charge in [-0.15, -0.1) is 0 Å². The number of ether oxygens (including phenoxy) is 1. The molecule has 18 heavy (non-hydrogen) atoms. The van der Waals surface area contributed by atoms with E-state index in [0.29, 0.717) is 22.4 Å². The minimum atomic E-state index is 0.0722. The summed E-state index contributed by atoms with van der Waals surface area (Å²) in [5, 5.41) is 0.650. The minimum absolute atomic E-state index is 0.0722. The summed E-state index contributed by atoms with van der Waals surface area (Å²) in [5.41, 5.74) is 0.461. The number of hydrogen-bond donors (Lipinski definition) is 0. The van der Waals surface area contributed by atoms with E-state index in [9.17, 15) is 4.79 Å². The Morgan fingerprint density at radius 2 is 2.22 bits per heavy atom. The number of thioether (sulfide) groups is 1. The zero-order valence-electron chi connectivity index (χ0n) is 10.7. The van der Waals surface area contributed by atoms with Gasteiger partial charge in [-0.3, -0.25) is 4.79 Å². The van der Waals surface area contributed by atoms with E-state index >= 15 is 0 Å². The lowest BCUT2D eigenvalue weighted by molar-refractivity contribution is 0.101. The van der Waals surface area contributed by atoms with E-state index in [0.717, 1.165) is 0 Å². The van der Waals surface area contributed by atoms with Crippen LogP contribution in [0.25, 0.3) is 0 Å². The minimum Gasteiger partial charge on any atom is -0.494 e. The van der Waals surface area contributed by atoms with Crippen molar-refractivity contribution in [1.29, 1.82) is 0 Å². The number of pyridine rings is 1. The van der Waals surface area contributed by atoms with E-state index in [1.807, 2.05) is 0 Å². The van der Waals surface area contributed by atoms with Gasteiger partial charge in [-0.1, -0.05) is 19.3 Å². The third kappa shape index (κ3) is 3.48. The molecular formula is C14H19NO2S. The van der Waals surface area contributed by atoms with Gasteiger partial charge in [-0.25, -0.2) is 4.98 Å². The van der Waals surface area contributed by atoms with Gasteiger partial charge in [-0.05, 0) is 25.0 Å². The fourth-order valence-electron chi connectivity index (χ4n) is 2.26. The summed E-state index contributed by atoms with van der Waals surface area (Å²) >= 11 is 1.77. The Balaban J connectivity index is 1.90. The van der Waals surface area contributed by atoms with E-state index < -0.39 is 0 Å². The van der Waals surface area contributed by atoms with Gasteiger partial charge in [-0.2, -0.15) is 11.8 Å². The van der Waals surface area contributed by atoms with E-state index in [-0.39, 0.29) is 5.78 Å². The molecule has 0 aromatic carbocycles. The molecule has 98 valence electrons. The Labute approximate surface area is 112 Å². The molecule has 0 N–H and O–H groups in total. The Bertz CT molecular complexity index is 403. The summed E-state index contributed by atoms with van der Waals surface area (Å²) in [7, 11) is 1.57. The largest absolute Gasteiger partial charge is 0.494 e. The molecule has 0 radical (unpaired) electrons. The van der Waals surface area contributed by atoms with E-state index in [2.05, 4.69) is 4.98 Å². The fraction of sp³-hybridized carbons (Fsp3) is 0.571. The number of methoxy groups -OCH3 is 1. The lowest BCUT2D eigenvalue weighted by atomic mass is 10.0. The van der Waals surface area contributed by atoms with Crippen LogP contribution in [0.2, 0.25) is 0 Å². The summed E-state index contributed by atoms with van der Waals surface area (Å²) in [6, 6.07) is 3.56. The second kappa shape index (κ2) is 6.78. The fourth-order valence-corrected chi connectivity index (χ4v) is 3.45. The number of Topliss-reactive ketones (excluding diaryl/α,β-unsaturated/α-hetero) is 1. The Morgan fingerprint density at radius 3 is 2.94 bits per heavy atom. The molecule has 3 nitrogen and oxygen atoms in total. The average molecular weight is 265 g/mol. The zero-order valence-corrected chi connectivity index (χ0v) is 11.5. The van der Waals surface area contributed by atoms with Crippen molar-refractivity contribution in [3.8, 4) is 5.75 Å². The summed E-state index contributed by atoms with van der Waals surface area (Å²) in [6.45, 7) is 0. The van der Waals surface area contributed by atoms with Crippen LogP contribution in [0, 0.1) is 0 Å². The van der Waals surface area contributed by atoms with E-state index in [1.165, 1.54) is 32.1 Å². The summed E-state index contributed by atoms with van der Waals surface area (Å²) in [5.74, 6) is 1.16. The van der Waals surface area contributed by atoms with Crippen LogP contribution in [0.4, 0.5) is 0 Å². The van der Waals surface area contributed by atoms with Gasteiger partial charge in [0.1, 0.15) is 11.4 Å². The van der Waals surface area contributed by atoms with Crippen LogP contribution in [0.1, 0.15) is 42.6 Å². The molecule has 1 aliphatic rings. The van der Waals surface area contributed by atoms with E-state index in [1.54, 1.807) is 37.2 Å². The van der Waals surface area contributed by atoms with Gasteiger partial charge in [0.05, 0.1) is 12.9 Å². The highest BCUT2D eigenvalue weighted by atomic mass is 32.2. The molecule has 0 saturated heterocycles. The Kier molecular flexibility index (Phi) is 5.05. The van der Waals surface area contributed by atoms with E-state index in [4.69, 9.17) is 4.74 Å². The van der Waals surface area contributed by atoms with Crippen LogP contribution in [0.15, 0.2) is 18.3 Å². The number of aromatic nitrogens is 1. The maximum atomic E-state index is 12.1. The predicted octanol–water partition coefficient (Wildman–Crippen LogP) is 3.34. The number of carbonyl (C=O) groups excluding carboxylic acids is 1. The first-order chi connectivity index (χ1) is 8.81. The lowest BCUT2D eigenvalue weighted by Crippen LogP contribution is -2.13. The second-order valence-corrected chi connectivity index (χ2v) is 5.84. The van der Waals surface area contributed by atoms with Crippen LogP contribution in [0.3, 0.4) is 0 Å². The van der Waals surface area contributed by atoms with Gasteiger partial charge in [0.25, 0.3) is 0 Å². The quantitative estimate of drug-likeness (QED) is 0.765. The number of carbonyl (C=O) groups is 1. The molecule has 0 spiro atoms. The van der Waals surface area contributed by atoms with Crippen LogP contribution in [0.5, 0.6) is 5.75 Å². The summed E-state index contributed by atoms with van der Waals surface area (Å²) in [6.07, 6.45) is 8.09. The monoisotopic (exact) mass is 265 g/mol. The highest BCUT2D eigenvalue weighted by molar-refractivity contribution is 8.00. The molecular weight excluding hydrogens is 246 g/mol. The highest BCUT2D eigenvalue weighted by Gasteiger charge is 2.18. The standard InChI is InChI=1S/C14H19NO2S/c1-17-13-8-5-9-15-14(13)12(16)10-18-11-6-3-2-4-7-11/h5,8-9,11H,2-4,6-7,10H2,1H3. The first-order valence-electron chi connectivity index (χ1n) is 6.45. The second-order valence-electron chi connectivity index (χ2n) is 4.55. The molecule has 0 aliphatic heterocycles. The normalized spacial score (nSPS) is 16.5. The molecule has 0 bridgehead atoms. The van der Waals surface area contributed by atoms with Crippen molar-refractivity contribution in [3.05, 3.63) is 24.0 Å². The highest BCUT2D eigenvalue weighted by Crippen LogP contribution is 2.29. The van der Waals surface area contributed by atoms with Crippen molar-refractivity contribution in [2.24, 2.45) is 0 Å². The number of hydrogen-bond acceptors (Lipinski definition) is 4. The predicted molar refractivity (Wildman–Crippen MR) is 74.5 cm³/mol. The smallest absolute Gasteiger partial charge is 0.194 e. The van der Waals surface area contributed by atoms with Gasteiger partial charge >= 0.3 is 0 Å². The zero-order chi connectivity index (χ0) is 12.8. The maximum absolute atomic E-state index is 12.1. The number of ketones is 1. The first-order valence-corrected chi connectivity index (χ1v) is 7.50. The number of nitrogens with zero attached hydrogens (tertiary/aromatic N) is 1. The molecule has 1 aromatic heterocycles. The van der Waals surface area contributed by atoms with Gasteiger partial charge in [0, 0.05) is 11.4 Å². The van der Waals surface area contributed by atoms with Crippen molar-refractivity contribution in [2.75, 3.05) is 12.9 Å². The molecule has 4 heteroatoms. The van der Waals surface area contributed by atoms with Crippen LogP contribution < -0.4 is 4.74 Å². The van der Waals surface area contributed by atoms with Crippen molar-refractivity contribution in [1.82, 2.24) is 4.98 Å². The van der Waals surface area contributed by atoms with Gasteiger partial charge < -0.3 is 4.74 Å². The van der Waals surface area contributed by atoms with Crippen molar-refractivity contribution in [3.63, 3.8) is 0 Å². The third-order valence-corrected chi connectivity index (χ3v) is 4.63. The average Bonchev–Trinajstić information content (AvgIpc) is 2.45. The van der Waals surface area contributed by atoms with Crippen molar-refractivity contribution >= 4 is 17.5 Å².